The summed E-state index contributed by atoms with van der Waals surface area (Å²) in [5, 5.41) is 3.94. The molecule has 3 rings (SSSR count). The van der Waals surface area contributed by atoms with E-state index in [1.165, 1.54) is 12.8 Å². The Balaban J connectivity index is 1.69. The molecule has 18 heavy (non-hydrogen) atoms. The van der Waals surface area contributed by atoms with Crippen LogP contribution >= 0.6 is 0 Å². The van der Waals surface area contributed by atoms with Gasteiger partial charge in [0, 0.05) is 5.92 Å². The summed E-state index contributed by atoms with van der Waals surface area (Å²) in [5.74, 6) is 2.79. The minimum atomic E-state index is 0.363. The van der Waals surface area contributed by atoms with Gasteiger partial charge in [-0.25, -0.2) is 0 Å². The minimum Gasteiger partial charge on any atom is -0.485 e. The van der Waals surface area contributed by atoms with E-state index in [4.69, 9.17) is 9.26 Å². The lowest BCUT2D eigenvalue weighted by molar-refractivity contribution is 0.281. The van der Waals surface area contributed by atoms with Crippen LogP contribution in [0, 0.1) is 13.8 Å². The normalized spacial score (nSPS) is 14.8. The van der Waals surface area contributed by atoms with Gasteiger partial charge in [0.2, 0.25) is 11.7 Å². The van der Waals surface area contributed by atoms with E-state index < -0.39 is 0 Å². The Labute approximate surface area is 106 Å². The van der Waals surface area contributed by atoms with E-state index in [2.05, 4.69) is 10.1 Å². The van der Waals surface area contributed by atoms with Gasteiger partial charge in [0.05, 0.1) is 0 Å². The maximum atomic E-state index is 5.78. The van der Waals surface area contributed by atoms with Gasteiger partial charge in [0.15, 0.2) is 6.61 Å². The number of para-hydroxylation sites is 1. The molecule has 1 heterocycles. The molecule has 0 atom stereocenters. The van der Waals surface area contributed by atoms with Crippen LogP contribution in [0.2, 0.25) is 0 Å². The molecule has 0 bridgehead atoms. The Hall–Kier alpha value is -1.84. The number of hydrogen-bond donors (Lipinski definition) is 0. The first-order valence-corrected chi connectivity index (χ1v) is 6.25. The maximum absolute atomic E-state index is 5.78. The zero-order chi connectivity index (χ0) is 12.5. The third-order valence-electron chi connectivity index (χ3n) is 3.16. The van der Waals surface area contributed by atoms with Crippen molar-refractivity contribution >= 4 is 0 Å². The van der Waals surface area contributed by atoms with Crippen LogP contribution in [-0.4, -0.2) is 10.1 Å². The lowest BCUT2D eigenvalue weighted by Gasteiger charge is -2.09. The standard InChI is InChI=1S/C14H16N2O2/c1-9-4-3-5-10(2)13(9)17-8-12-15-14(18-16-12)11-6-7-11/h3-5,11H,6-8H2,1-2H3. The molecular weight excluding hydrogens is 228 g/mol. The van der Waals surface area contributed by atoms with Crippen LogP contribution in [0.25, 0.3) is 0 Å². The largest absolute Gasteiger partial charge is 0.485 e. The van der Waals surface area contributed by atoms with Crippen LogP contribution in [0.1, 0.15) is 41.6 Å². The van der Waals surface area contributed by atoms with E-state index in [1.807, 2.05) is 32.0 Å². The zero-order valence-electron chi connectivity index (χ0n) is 10.6. The quantitative estimate of drug-likeness (QED) is 0.829. The van der Waals surface area contributed by atoms with Gasteiger partial charge >= 0.3 is 0 Å². The van der Waals surface area contributed by atoms with Crippen molar-refractivity contribution in [2.45, 2.75) is 39.2 Å². The molecule has 2 aromatic rings. The van der Waals surface area contributed by atoms with E-state index in [-0.39, 0.29) is 0 Å². The maximum Gasteiger partial charge on any atom is 0.229 e. The molecule has 0 radical (unpaired) electrons. The molecule has 0 amide bonds. The number of aromatic nitrogens is 2. The average Bonchev–Trinajstić information content (AvgIpc) is 3.09. The topological polar surface area (TPSA) is 48.2 Å². The summed E-state index contributed by atoms with van der Waals surface area (Å²) < 4.78 is 11.0. The molecular formula is C14H16N2O2. The molecule has 0 saturated heterocycles. The van der Waals surface area contributed by atoms with Gasteiger partial charge in [-0.3, -0.25) is 0 Å². The highest BCUT2D eigenvalue weighted by molar-refractivity contribution is 5.39. The monoisotopic (exact) mass is 244 g/mol. The van der Waals surface area contributed by atoms with Crippen LogP contribution in [0.15, 0.2) is 22.7 Å². The molecule has 1 saturated carbocycles. The van der Waals surface area contributed by atoms with Gasteiger partial charge in [-0.15, -0.1) is 0 Å². The van der Waals surface area contributed by atoms with Crippen molar-refractivity contribution in [3.05, 3.63) is 41.0 Å². The van der Waals surface area contributed by atoms with Crippen molar-refractivity contribution in [1.82, 2.24) is 10.1 Å². The molecule has 1 aromatic heterocycles. The molecule has 1 aliphatic carbocycles. The summed E-state index contributed by atoms with van der Waals surface area (Å²) in [6.45, 7) is 4.43. The number of hydrogen-bond acceptors (Lipinski definition) is 4. The Bertz CT molecular complexity index is 538. The predicted octanol–water partition coefficient (Wildman–Crippen LogP) is 3.14. The summed E-state index contributed by atoms with van der Waals surface area (Å²) >= 11 is 0. The summed E-state index contributed by atoms with van der Waals surface area (Å²) in [6.07, 6.45) is 2.33. The number of aryl methyl sites for hydroxylation is 2. The average molecular weight is 244 g/mol. The molecule has 0 N–H and O–H groups in total. The van der Waals surface area contributed by atoms with Gasteiger partial charge < -0.3 is 9.26 Å². The summed E-state index contributed by atoms with van der Waals surface area (Å²) in [5.41, 5.74) is 2.25. The fourth-order valence-electron chi connectivity index (χ4n) is 1.99. The first-order chi connectivity index (χ1) is 8.74. The van der Waals surface area contributed by atoms with Crippen LogP contribution in [0.4, 0.5) is 0 Å². The van der Waals surface area contributed by atoms with E-state index in [9.17, 15) is 0 Å². The van der Waals surface area contributed by atoms with Gasteiger partial charge in [0.1, 0.15) is 5.75 Å². The van der Waals surface area contributed by atoms with Crippen molar-refractivity contribution in [3.63, 3.8) is 0 Å². The van der Waals surface area contributed by atoms with E-state index in [0.29, 0.717) is 18.3 Å². The van der Waals surface area contributed by atoms with E-state index in [1.54, 1.807) is 0 Å². The molecule has 1 aliphatic rings. The second-order valence-corrected chi connectivity index (χ2v) is 4.83. The molecule has 0 unspecified atom stereocenters. The minimum absolute atomic E-state index is 0.363. The number of benzene rings is 1. The first kappa shape index (κ1) is 11.3. The summed E-state index contributed by atoms with van der Waals surface area (Å²) in [4.78, 5) is 4.34. The van der Waals surface area contributed by atoms with Crippen LogP contribution in [0.5, 0.6) is 5.75 Å². The lowest BCUT2D eigenvalue weighted by Crippen LogP contribution is -2.00. The molecule has 0 aliphatic heterocycles. The molecule has 4 heteroatoms. The fraction of sp³-hybridized carbons (Fsp3) is 0.429. The Morgan fingerprint density at radius 1 is 1.28 bits per heavy atom. The second-order valence-electron chi connectivity index (χ2n) is 4.83. The van der Waals surface area contributed by atoms with Crippen LogP contribution < -0.4 is 4.74 Å². The lowest BCUT2D eigenvalue weighted by atomic mass is 10.1. The highest BCUT2D eigenvalue weighted by Gasteiger charge is 2.29. The van der Waals surface area contributed by atoms with Crippen LogP contribution in [0.3, 0.4) is 0 Å². The van der Waals surface area contributed by atoms with Crippen molar-refractivity contribution in [3.8, 4) is 5.75 Å². The number of nitrogens with zero attached hydrogens (tertiary/aromatic N) is 2. The highest BCUT2D eigenvalue weighted by Crippen LogP contribution is 2.38. The van der Waals surface area contributed by atoms with E-state index in [0.717, 1.165) is 22.8 Å². The molecule has 4 nitrogen and oxygen atoms in total. The first-order valence-electron chi connectivity index (χ1n) is 6.25. The third kappa shape index (κ3) is 2.23. The zero-order valence-corrected chi connectivity index (χ0v) is 10.6. The van der Waals surface area contributed by atoms with Crippen molar-refractivity contribution in [1.29, 1.82) is 0 Å². The highest BCUT2D eigenvalue weighted by atomic mass is 16.5. The van der Waals surface area contributed by atoms with Crippen molar-refractivity contribution in [2.24, 2.45) is 0 Å². The Morgan fingerprint density at radius 2 is 2.00 bits per heavy atom. The number of rotatable bonds is 4. The number of ether oxygens (including phenoxy) is 1. The summed E-state index contributed by atoms with van der Waals surface area (Å²) in [7, 11) is 0. The smallest absolute Gasteiger partial charge is 0.229 e. The SMILES string of the molecule is Cc1cccc(C)c1OCc1noc(C2CC2)n1. The molecule has 1 fully saturated rings. The van der Waals surface area contributed by atoms with Gasteiger partial charge in [-0.1, -0.05) is 23.4 Å². The van der Waals surface area contributed by atoms with Crippen LogP contribution in [-0.2, 0) is 6.61 Å². The fourth-order valence-corrected chi connectivity index (χ4v) is 1.99. The van der Waals surface area contributed by atoms with Gasteiger partial charge in [0.25, 0.3) is 0 Å². The van der Waals surface area contributed by atoms with Gasteiger partial charge in [-0.05, 0) is 37.8 Å². The van der Waals surface area contributed by atoms with Gasteiger partial charge in [-0.2, -0.15) is 4.98 Å². The molecule has 0 spiro atoms. The second kappa shape index (κ2) is 4.44. The van der Waals surface area contributed by atoms with Crippen molar-refractivity contribution in [2.75, 3.05) is 0 Å². The Kier molecular flexibility index (Phi) is 2.78. The third-order valence-corrected chi connectivity index (χ3v) is 3.16. The Morgan fingerprint density at radius 3 is 2.67 bits per heavy atom. The molecule has 1 aromatic carbocycles. The van der Waals surface area contributed by atoms with E-state index >= 15 is 0 Å². The van der Waals surface area contributed by atoms with Crippen molar-refractivity contribution < 1.29 is 9.26 Å². The summed E-state index contributed by atoms with van der Waals surface area (Å²) in [6, 6.07) is 6.10. The molecule has 94 valence electrons. The predicted molar refractivity (Wildman–Crippen MR) is 66.5 cm³/mol.